The number of carbonyl (C=O) groups excluding carboxylic acids is 1. The van der Waals surface area contributed by atoms with E-state index in [4.69, 9.17) is 20.4 Å². The molecule has 16 heteroatoms. The molecular formula is C14H20FN7O8. The highest BCUT2D eigenvalue weighted by molar-refractivity contribution is 5.69. The predicted octanol–water partition coefficient (Wildman–Crippen LogP) is -4.34. The lowest BCUT2D eigenvalue weighted by molar-refractivity contribution is -0.0549. The van der Waals surface area contributed by atoms with Crippen molar-refractivity contribution >= 4 is 11.8 Å². The summed E-state index contributed by atoms with van der Waals surface area (Å²) >= 11 is 0. The Morgan fingerprint density at radius 1 is 1.27 bits per heavy atom. The van der Waals surface area contributed by atoms with Gasteiger partial charge >= 0.3 is 17.4 Å². The molecule has 166 valence electrons. The second-order valence-corrected chi connectivity index (χ2v) is 5.59. The van der Waals surface area contributed by atoms with Gasteiger partial charge in [0.25, 0.3) is 5.56 Å². The fourth-order valence-corrected chi connectivity index (χ4v) is 2.12. The van der Waals surface area contributed by atoms with Crippen molar-refractivity contribution in [2.45, 2.75) is 24.5 Å². The van der Waals surface area contributed by atoms with E-state index in [0.717, 1.165) is 4.57 Å². The molecule has 1 saturated heterocycles. The number of carbonyl (C=O) groups is 1. The molecule has 2 amide bonds. The van der Waals surface area contributed by atoms with Crippen molar-refractivity contribution in [2.75, 3.05) is 12.3 Å². The molecule has 0 radical (unpaired) electrons. The number of urea groups is 1. The Kier molecular flexibility index (Phi) is 8.81. The molecule has 15 nitrogen and oxygen atoms in total. The summed E-state index contributed by atoms with van der Waals surface area (Å²) in [5, 5.41) is 28.2. The van der Waals surface area contributed by atoms with Crippen LogP contribution in [-0.2, 0) is 4.74 Å². The summed E-state index contributed by atoms with van der Waals surface area (Å²) in [5.74, 6) is -0.937. The van der Waals surface area contributed by atoms with Gasteiger partial charge < -0.3 is 42.2 Å². The van der Waals surface area contributed by atoms with Crippen LogP contribution in [0.4, 0.5) is 15.0 Å². The highest BCUT2D eigenvalue weighted by atomic mass is 19.1. The number of aromatic amines is 2. The number of nitrogens with zero attached hydrogens (tertiary/aromatic N) is 2. The van der Waals surface area contributed by atoms with E-state index in [0.29, 0.717) is 6.20 Å². The van der Waals surface area contributed by atoms with Crippen LogP contribution in [0.5, 0.6) is 0 Å². The van der Waals surface area contributed by atoms with Crippen molar-refractivity contribution in [1.29, 1.82) is 0 Å². The summed E-state index contributed by atoms with van der Waals surface area (Å²) in [6.45, 7) is -0.453. The number of nitrogens with one attached hydrogen (secondary N) is 2. The van der Waals surface area contributed by atoms with Crippen molar-refractivity contribution < 1.29 is 29.2 Å². The van der Waals surface area contributed by atoms with E-state index >= 15 is 0 Å². The number of halogens is 1. The van der Waals surface area contributed by atoms with Gasteiger partial charge in [0.1, 0.15) is 24.1 Å². The molecule has 30 heavy (non-hydrogen) atoms. The van der Waals surface area contributed by atoms with E-state index in [2.05, 4.69) is 16.5 Å². The Balaban J connectivity index is 0.000000289. The van der Waals surface area contributed by atoms with Crippen LogP contribution in [0.2, 0.25) is 0 Å². The van der Waals surface area contributed by atoms with Gasteiger partial charge in [-0.25, -0.2) is 14.4 Å². The van der Waals surface area contributed by atoms with Gasteiger partial charge in [-0.15, -0.1) is 0 Å². The van der Waals surface area contributed by atoms with Crippen LogP contribution in [0, 0.1) is 5.82 Å². The highest BCUT2D eigenvalue weighted by Gasteiger charge is 2.43. The fourth-order valence-electron chi connectivity index (χ4n) is 2.12. The zero-order valence-corrected chi connectivity index (χ0v) is 15.1. The number of anilines is 1. The fraction of sp³-hybridized carbons (Fsp3) is 0.357. The third kappa shape index (κ3) is 6.78. The SMILES string of the molecule is NC(N)=O.Nc1ccn([C@@H]2O[C@H](CO)[C@@H](O)[C@@H]2O)c(=O)n1.O=c1[nH]cc(F)c(=O)[nH]1. The summed E-state index contributed by atoms with van der Waals surface area (Å²) in [7, 11) is 0. The Hall–Kier alpha value is -3.60. The largest absolute Gasteiger partial charge is 0.394 e. The number of nitrogen functional groups attached to an aromatic ring is 1. The summed E-state index contributed by atoms with van der Waals surface area (Å²) in [4.78, 5) is 48.0. The monoisotopic (exact) mass is 433 g/mol. The summed E-state index contributed by atoms with van der Waals surface area (Å²) in [5.41, 5.74) is 11.4. The van der Waals surface area contributed by atoms with E-state index < -0.39 is 59.9 Å². The number of hydrogen-bond acceptors (Lipinski definition) is 10. The molecule has 1 aliphatic rings. The van der Waals surface area contributed by atoms with Crippen LogP contribution >= 0.6 is 0 Å². The van der Waals surface area contributed by atoms with Crippen molar-refractivity contribution in [3.63, 3.8) is 0 Å². The van der Waals surface area contributed by atoms with E-state index in [1.165, 1.54) is 12.3 Å². The first-order valence-electron chi connectivity index (χ1n) is 7.97. The van der Waals surface area contributed by atoms with Crippen molar-refractivity contribution in [1.82, 2.24) is 19.5 Å². The van der Waals surface area contributed by atoms with Crippen LogP contribution in [-0.4, -0.2) is 65.8 Å². The lowest BCUT2D eigenvalue weighted by atomic mass is 10.1. The molecule has 0 spiro atoms. The number of rotatable bonds is 2. The molecule has 2 aromatic rings. The number of nitrogens with two attached hydrogens (primary N) is 3. The third-order valence-corrected chi connectivity index (χ3v) is 3.42. The number of ether oxygens (including phenoxy) is 1. The molecular weight excluding hydrogens is 413 g/mol. The molecule has 11 N–H and O–H groups in total. The van der Waals surface area contributed by atoms with Gasteiger partial charge in [0, 0.05) is 12.4 Å². The number of primary amides is 2. The number of aromatic nitrogens is 4. The third-order valence-electron chi connectivity index (χ3n) is 3.42. The van der Waals surface area contributed by atoms with E-state index in [-0.39, 0.29) is 5.82 Å². The molecule has 1 aliphatic heterocycles. The smallest absolute Gasteiger partial charge is 0.351 e. The van der Waals surface area contributed by atoms with Crippen molar-refractivity contribution in [3.8, 4) is 0 Å². The van der Waals surface area contributed by atoms with Gasteiger partial charge in [-0.1, -0.05) is 0 Å². The van der Waals surface area contributed by atoms with E-state index in [9.17, 15) is 29.0 Å². The van der Waals surface area contributed by atoms with Crippen LogP contribution in [0.15, 0.2) is 32.8 Å². The molecule has 0 aromatic carbocycles. The lowest BCUT2D eigenvalue weighted by Crippen LogP contribution is -2.36. The first-order valence-corrected chi connectivity index (χ1v) is 7.97. The zero-order valence-electron chi connectivity index (χ0n) is 15.1. The average Bonchev–Trinajstić information content (AvgIpc) is 2.93. The normalized spacial score (nSPS) is 22.3. The molecule has 0 saturated carbocycles. The first-order chi connectivity index (χ1) is 14.0. The lowest BCUT2D eigenvalue weighted by Gasteiger charge is -2.16. The number of H-pyrrole nitrogens is 2. The average molecular weight is 433 g/mol. The van der Waals surface area contributed by atoms with Gasteiger partial charge in [-0.2, -0.15) is 9.37 Å². The number of aliphatic hydroxyl groups is 3. The van der Waals surface area contributed by atoms with Crippen LogP contribution in [0.3, 0.4) is 0 Å². The van der Waals surface area contributed by atoms with E-state index in [1.807, 2.05) is 4.98 Å². The molecule has 2 aromatic heterocycles. The number of aliphatic hydroxyl groups excluding tert-OH is 3. The highest BCUT2D eigenvalue weighted by Crippen LogP contribution is 2.27. The van der Waals surface area contributed by atoms with Gasteiger partial charge in [-0.05, 0) is 6.07 Å². The van der Waals surface area contributed by atoms with Gasteiger partial charge in [0.05, 0.1) is 6.61 Å². The Labute approximate surface area is 165 Å². The zero-order chi connectivity index (χ0) is 23.0. The minimum absolute atomic E-state index is 0.0537. The number of hydrogen-bond donors (Lipinski definition) is 8. The maximum atomic E-state index is 12.0. The first kappa shape index (κ1) is 24.4. The summed E-state index contributed by atoms with van der Waals surface area (Å²) < 4.78 is 18.2. The molecule has 3 rings (SSSR count). The standard InChI is InChI=1S/C9H13N3O5.C4H3FN2O2.CH4N2O/c10-5-1-2-12(9(16)11-5)8-7(15)6(14)4(3-13)17-8;5-2-1-6-4(9)7-3(2)8;2-1(3)4/h1-2,4,6-8,13-15H,3H2,(H2,10,11,16);1H,(H2,6,7,8,9);(H4,2,3,4)/t4-,6-,7+,8-;;/m1../s1. The van der Waals surface area contributed by atoms with Gasteiger partial charge in [0.15, 0.2) is 6.23 Å². The maximum absolute atomic E-state index is 12.0. The molecule has 0 bridgehead atoms. The molecule has 1 fully saturated rings. The van der Waals surface area contributed by atoms with Crippen molar-refractivity contribution in [2.24, 2.45) is 11.5 Å². The molecule has 0 unspecified atom stereocenters. The summed E-state index contributed by atoms with van der Waals surface area (Å²) in [6.07, 6.45) is -2.56. The topological polar surface area (TPSA) is 266 Å². The van der Waals surface area contributed by atoms with E-state index in [1.54, 1.807) is 4.98 Å². The predicted molar refractivity (Wildman–Crippen MR) is 97.3 cm³/mol. The molecule has 3 heterocycles. The second-order valence-electron chi connectivity index (χ2n) is 5.59. The molecule has 0 aliphatic carbocycles. The number of amides is 2. The van der Waals surface area contributed by atoms with Crippen molar-refractivity contribution in [3.05, 3.63) is 55.6 Å². The second kappa shape index (κ2) is 10.8. The van der Waals surface area contributed by atoms with Crippen LogP contribution < -0.4 is 34.1 Å². The Morgan fingerprint density at radius 3 is 2.30 bits per heavy atom. The quantitative estimate of drug-likeness (QED) is 0.225. The Morgan fingerprint density at radius 2 is 1.87 bits per heavy atom. The maximum Gasteiger partial charge on any atom is 0.351 e. The Bertz CT molecular complexity index is 1020. The van der Waals surface area contributed by atoms with Crippen LogP contribution in [0.1, 0.15) is 6.23 Å². The van der Waals surface area contributed by atoms with Crippen LogP contribution in [0.25, 0.3) is 0 Å². The molecule has 4 atom stereocenters. The van der Waals surface area contributed by atoms with Gasteiger partial charge in [-0.3, -0.25) is 14.3 Å². The summed E-state index contributed by atoms with van der Waals surface area (Å²) in [6, 6.07) is 0.538. The minimum Gasteiger partial charge on any atom is -0.394 e. The van der Waals surface area contributed by atoms with Gasteiger partial charge in [0.2, 0.25) is 5.82 Å². The minimum atomic E-state index is -1.31.